The van der Waals surface area contributed by atoms with Crippen LogP contribution in [0.5, 0.6) is 0 Å². The molecule has 8 nitrogen and oxygen atoms in total. The third-order valence-corrected chi connectivity index (χ3v) is 2.47. The number of aliphatic hydroxyl groups is 1. The molecule has 0 bridgehead atoms. The monoisotopic (exact) mass is 291 g/mol. The number of aryl methyl sites for hydroxylation is 1. The molecule has 112 valence electrons. The van der Waals surface area contributed by atoms with E-state index in [1.807, 2.05) is 0 Å². The fourth-order valence-electron chi connectivity index (χ4n) is 1.67. The minimum atomic E-state index is -2.71. The normalized spacial score (nSPS) is 10.7. The topological polar surface area (TPSA) is 104 Å². The molecule has 0 saturated carbocycles. The van der Waals surface area contributed by atoms with Crippen LogP contribution in [0, 0.1) is 17.0 Å². The van der Waals surface area contributed by atoms with Crippen molar-refractivity contribution >= 4 is 17.5 Å². The maximum Gasteiger partial charge on any atom is 0.332 e. The highest BCUT2D eigenvalue weighted by Gasteiger charge is 2.27. The van der Waals surface area contributed by atoms with Gasteiger partial charge in [-0.2, -0.15) is 4.98 Å². The van der Waals surface area contributed by atoms with Crippen molar-refractivity contribution in [1.29, 1.82) is 0 Å². The Morgan fingerprint density at radius 2 is 2.15 bits per heavy atom. The third-order valence-electron chi connectivity index (χ3n) is 2.47. The van der Waals surface area contributed by atoms with Gasteiger partial charge in [0.25, 0.3) is 6.43 Å². The van der Waals surface area contributed by atoms with E-state index in [0.29, 0.717) is 0 Å². The highest BCUT2D eigenvalue weighted by Crippen LogP contribution is 2.30. The van der Waals surface area contributed by atoms with E-state index in [1.165, 1.54) is 14.0 Å². The Morgan fingerprint density at radius 3 is 2.60 bits per heavy atom. The first-order valence-electron chi connectivity index (χ1n) is 5.75. The van der Waals surface area contributed by atoms with Gasteiger partial charge in [-0.05, 0) is 6.92 Å². The van der Waals surface area contributed by atoms with Crippen molar-refractivity contribution in [1.82, 2.24) is 9.97 Å². The molecule has 0 aromatic carbocycles. The molecule has 2 N–H and O–H groups in total. The van der Waals surface area contributed by atoms with Crippen LogP contribution in [-0.4, -0.2) is 53.2 Å². The van der Waals surface area contributed by atoms with Crippen LogP contribution >= 0.6 is 0 Å². The average Bonchev–Trinajstić information content (AvgIpc) is 2.36. The van der Waals surface area contributed by atoms with Gasteiger partial charge in [-0.1, -0.05) is 0 Å². The van der Waals surface area contributed by atoms with Gasteiger partial charge in [-0.15, -0.1) is 0 Å². The van der Waals surface area contributed by atoms with Gasteiger partial charge < -0.3 is 15.3 Å². The molecule has 0 unspecified atom stereocenters. The highest BCUT2D eigenvalue weighted by atomic mass is 19.3. The van der Waals surface area contributed by atoms with Crippen LogP contribution in [0.1, 0.15) is 5.69 Å². The minimum Gasteiger partial charge on any atom is -0.395 e. The van der Waals surface area contributed by atoms with Crippen LogP contribution < -0.4 is 10.2 Å². The first kappa shape index (κ1) is 16.0. The smallest absolute Gasteiger partial charge is 0.332 e. The zero-order valence-electron chi connectivity index (χ0n) is 11.0. The maximum atomic E-state index is 12.6. The largest absolute Gasteiger partial charge is 0.395 e. The van der Waals surface area contributed by atoms with Crippen molar-refractivity contribution in [2.45, 2.75) is 13.3 Å². The molecule has 1 heterocycles. The molecule has 0 spiro atoms. The van der Waals surface area contributed by atoms with Crippen molar-refractivity contribution in [3.8, 4) is 0 Å². The lowest BCUT2D eigenvalue weighted by molar-refractivity contribution is -0.385. The van der Waals surface area contributed by atoms with Gasteiger partial charge in [0.15, 0.2) is 0 Å². The van der Waals surface area contributed by atoms with Crippen LogP contribution in [0.25, 0.3) is 0 Å². The fraction of sp³-hybridized carbons (Fsp3) is 0.600. The SMILES string of the molecule is CNc1nc(C)c([N+](=O)[O-])c(N(CCO)CC(F)F)n1. The van der Waals surface area contributed by atoms with Crippen LogP contribution in [0.4, 0.5) is 26.2 Å². The van der Waals surface area contributed by atoms with Crippen molar-refractivity contribution in [2.24, 2.45) is 0 Å². The predicted octanol–water partition coefficient (Wildman–Crippen LogP) is 0.799. The van der Waals surface area contributed by atoms with Gasteiger partial charge in [-0.25, -0.2) is 13.8 Å². The van der Waals surface area contributed by atoms with E-state index in [0.717, 1.165) is 4.90 Å². The van der Waals surface area contributed by atoms with Gasteiger partial charge in [0.2, 0.25) is 11.8 Å². The quantitative estimate of drug-likeness (QED) is 0.565. The van der Waals surface area contributed by atoms with Gasteiger partial charge in [0.1, 0.15) is 5.69 Å². The molecule has 0 fully saturated rings. The van der Waals surface area contributed by atoms with Crippen molar-refractivity contribution < 1.29 is 18.8 Å². The van der Waals surface area contributed by atoms with Crippen molar-refractivity contribution in [3.63, 3.8) is 0 Å². The van der Waals surface area contributed by atoms with E-state index < -0.39 is 30.2 Å². The first-order valence-corrected chi connectivity index (χ1v) is 5.75. The van der Waals surface area contributed by atoms with E-state index in [2.05, 4.69) is 15.3 Å². The zero-order valence-corrected chi connectivity index (χ0v) is 11.0. The number of hydrogen-bond acceptors (Lipinski definition) is 7. The summed E-state index contributed by atoms with van der Waals surface area (Å²) in [6.07, 6.45) is -2.71. The zero-order chi connectivity index (χ0) is 15.3. The molecule has 1 aromatic rings. The summed E-state index contributed by atoms with van der Waals surface area (Å²) in [5, 5.41) is 22.6. The molecule has 0 aliphatic heterocycles. The predicted molar refractivity (Wildman–Crippen MR) is 68.3 cm³/mol. The standard InChI is InChI=1S/C10H15F2N5O3/c1-6-8(17(19)20)9(15-10(13-2)14-6)16(3-4-18)5-7(11)12/h7,18H,3-5H2,1-2H3,(H,13,14,15). The minimum absolute atomic E-state index is 0.0570. The molecule has 0 aliphatic carbocycles. The summed E-state index contributed by atoms with van der Waals surface area (Å²) in [6, 6.07) is 0. The summed E-state index contributed by atoms with van der Waals surface area (Å²) in [5.41, 5.74) is -0.389. The lowest BCUT2D eigenvalue weighted by Gasteiger charge is -2.22. The molecule has 1 rings (SSSR count). The summed E-state index contributed by atoms with van der Waals surface area (Å²) < 4.78 is 25.1. The Kier molecular flexibility index (Phi) is 5.50. The first-order chi connectivity index (χ1) is 9.40. The number of anilines is 2. The molecule has 0 saturated heterocycles. The van der Waals surface area contributed by atoms with E-state index >= 15 is 0 Å². The van der Waals surface area contributed by atoms with Crippen molar-refractivity contribution in [3.05, 3.63) is 15.8 Å². The fourth-order valence-corrected chi connectivity index (χ4v) is 1.67. The number of alkyl halides is 2. The lowest BCUT2D eigenvalue weighted by Crippen LogP contribution is -2.33. The van der Waals surface area contributed by atoms with Gasteiger partial charge in [0, 0.05) is 13.6 Å². The molecule has 0 aliphatic rings. The van der Waals surface area contributed by atoms with Crippen molar-refractivity contribution in [2.75, 3.05) is 37.0 Å². The molecule has 0 radical (unpaired) electrons. The third kappa shape index (κ3) is 3.70. The van der Waals surface area contributed by atoms with E-state index in [9.17, 15) is 18.9 Å². The molecule has 0 atom stereocenters. The Hall–Kier alpha value is -2.10. The maximum absolute atomic E-state index is 12.6. The Labute approximate surface area is 113 Å². The van der Waals surface area contributed by atoms with Crippen LogP contribution in [0.2, 0.25) is 0 Å². The molecular formula is C10H15F2N5O3. The van der Waals surface area contributed by atoms with Gasteiger partial charge in [-0.3, -0.25) is 10.1 Å². The molecule has 1 aromatic heterocycles. The Balaban J connectivity index is 3.35. The Bertz CT molecular complexity index is 486. The number of nitrogens with one attached hydrogen (secondary N) is 1. The lowest BCUT2D eigenvalue weighted by atomic mass is 10.3. The highest BCUT2D eigenvalue weighted by molar-refractivity contribution is 5.62. The van der Waals surface area contributed by atoms with Crippen LogP contribution in [0.15, 0.2) is 0 Å². The van der Waals surface area contributed by atoms with E-state index in [1.54, 1.807) is 0 Å². The number of nitro groups is 1. The summed E-state index contributed by atoms with van der Waals surface area (Å²) >= 11 is 0. The molecule has 20 heavy (non-hydrogen) atoms. The molecule has 10 heteroatoms. The number of aromatic nitrogens is 2. The molecular weight excluding hydrogens is 276 g/mol. The van der Waals surface area contributed by atoms with Gasteiger partial charge >= 0.3 is 5.69 Å². The summed E-state index contributed by atoms with van der Waals surface area (Å²) in [5.74, 6) is -0.151. The van der Waals surface area contributed by atoms with Crippen LogP contribution in [-0.2, 0) is 0 Å². The second-order valence-electron chi connectivity index (χ2n) is 3.87. The summed E-state index contributed by atoms with van der Waals surface area (Å²) in [6.45, 7) is 0.0112. The van der Waals surface area contributed by atoms with Crippen LogP contribution in [0.3, 0.4) is 0 Å². The second-order valence-corrected chi connectivity index (χ2v) is 3.87. The number of rotatable bonds is 7. The second kappa shape index (κ2) is 6.89. The van der Waals surface area contributed by atoms with Gasteiger partial charge in [0.05, 0.1) is 18.1 Å². The summed E-state index contributed by atoms with van der Waals surface area (Å²) in [7, 11) is 1.51. The number of nitrogens with zero attached hydrogens (tertiary/aromatic N) is 4. The number of aliphatic hydroxyl groups excluding tert-OH is 1. The Morgan fingerprint density at radius 1 is 1.50 bits per heavy atom. The average molecular weight is 291 g/mol. The van der Waals surface area contributed by atoms with E-state index in [-0.39, 0.29) is 24.0 Å². The number of halogens is 2. The summed E-state index contributed by atoms with van der Waals surface area (Å²) in [4.78, 5) is 19.0. The van der Waals surface area contributed by atoms with E-state index in [4.69, 9.17) is 5.11 Å². The number of hydrogen-bond donors (Lipinski definition) is 2. The molecule has 0 amide bonds.